The first kappa shape index (κ1) is 15.4. The van der Waals surface area contributed by atoms with Crippen LogP contribution in [0.25, 0.3) is 0 Å². The Morgan fingerprint density at radius 1 is 1.10 bits per heavy atom. The monoisotopic (exact) mass is 316 g/mol. The second kappa shape index (κ2) is 5.77. The molecular weight excluding hydrogens is 308 g/mol. The maximum Gasteiger partial charge on any atom is 0.416 e. The molecule has 2 aromatic carbocycles. The van der Waals surface area contributed by atoms with E-state index in [-0.39, 0.29) is 15.4 Å². The van der Waals surface area contributed by atoms with E-state index in [1.165, 1.54) is 18.2 Å². The van der Waals surface area contributed by atoms with Gasteiger partial charge in [-0.1, -0.05) is 17.8 Å². The van der Waals surface area contributed by atoms with Crippen LogP contribution in [-0.4, -0.2) is 11.1 Å². The first-order valence-corrected chi connectivity index (χ1v) is 6.47. The molecule has 0 aliphatic rings. The lowest BCUT2D eigenvalue weighted by Crippen LogP contribution is -2.04. The molecule has 2 aromatic rings. The van der Waals surface area contributed by atoms with E-state index < -0.39 is 23.5 Å². The van der Waals surface area contributed by atoms with Crippen LogP contribution < -0.4 is 0 Å². The Balaban J connectivity index is 2.37. The molecule has 0 spiro atoms. The summed E-state index contributed by atoms with van der Waals surface area (Å²) in [5.41, 5.74) is -1.12. The SMILES string of the molecule is O=C(O)c1cc(F)ccc1Sc1cccc(C(F)(F)F)c1. The van der Waals surface area contributed by atoms with Crippen molar-refractivity contribution in [2.24, 2.45) is 0 Å². The minimum absolute atomic E-state index is 0.170. The Kier molecular flexibility index (Phi) is 4.22. The summed E-state index contributed by atoms with van der Waals surface area (Å²) in [6, 6.07) is 7.61. The molecule has 0 aromatic heterocycles. The molecule has 2 nitrogen and oxygen atoms in total. The average Bonchev–Trinajstić information content (AvgIpc) is 2.40. The van der Waals surface area contributed by atoms with E-state index in [0.717, 1.165) is 36.0 Å². The Hall–Kier alpha value is -2.02. The van der Waals surface area contributed by atoms with Gasteiger partial charge in [-0.25, -0.2) is 9.18 Å². The number of carboxylic acids is 1. The Morgan fingerprint density at radius 2 is 1.81 bits per heavy atom. The van der Waals surface area contributed by atoms with E-state index in [9.17, 15) is 22.4 Å². The summed E-state index contributed by atoms with van der Waals surface area (Å²) in [4.78, 5) is 11.4. The van der Waals surface area contributed by atoms with Gasteiger partial charge in [-0.2, -0.15) is 13.2 Å². The van der Waals surface area contributed by atoms with Crippen LogP contribution in [0.3, 0.4) is 0 Å². The van der Waals surface area contributed by atoms with Gasteiger partial charge in [-0.15, -0.1) is 0 Å². The fourth-order valence-corrected chi connectivity index (χ4v) is 2.60. The quantitative estimate of drug-likeness (QED) is 0.834. The summed E-state index contributed by atoms with van der Waals surface area (Å²) >= 11 is 0.834. The zero-order valence-corrected chi connectivity index (χ0v) is 11.1. The number of hydrogen-bond donors (Lipinski definition) is 1. The fraction of sp³-hybridized carbons (Fsp3) is 0.0714. The third-order valence-electron chi connectivity index (χ3n) is 2.56. The summed E-state index contributed by atoms with van der Waals surface area (Å²) in [6.45, 7) is 0. The molecule has 110 valence electrons. The predicted molar refractivity (Wildman–Crippen MR) is 68.9 cm³/mol. The molecule has 7 heteroatoms. The number of halogens is 4. The van der Waals surface area contributed by atoms with Crippen molar-refractivity contribution in [2.75, 3.05) is 0 Å². The van der Waals surface area contributed by atoms with Gasteiger partial charge in [0.1, 0.15) is 5.82 Å². The van der Waals surface area contributed by atoms with Gasteiger partial charge >= 0.3 is 12.1 Å². The molecule has 0 aliphatic heterocycles. The van der Waals surface area contributed by atoms with Crippen LogP contribution in [-0.2, 0) is 6.18 Å². The highest BCUT2D eigenvalue weighted by Crippen LogP contribution is 2.35. The Morgan fingerprint density at radius 3 is 2.43 bits per heavy atom. The molecule has 0 fully saturated rings. The first-order valence-electron chi connectivity index (χ1n) is 5.65. The zero-order chi connectivity index (χ0) is 15.6. The third-order valence-corrected chi connectivity index (χ3v) is 3.63. The van der Waals surface area contributed by atoms with Crippen molar-refractivity contribution in [3.63, 3.8) is 0 Å². The number of benzene rings is 2. The van der Waals surface area contributed by atoms with Gasteiger partial charge < -0.3 is 5.11 Å². The van der Waals surface area contributed by atoms with Gasteiger partial charge in [0, 0.05) is 9.79 Å². The molecule has 0 saturated carbocycles. The van der Waals surface area contributed by atoms with Gasteiger partial charge in [0.2, 0.25) is 0 Å². The topological polar surface area (TPSA) is 37.3 Å². The second-order valence-electron chi connectivity index (χ2n) is 4.07. The normalized spacial score (nSPS) is 11.4. The number of hydrogen-bond acceptors (Lipinski definition) is 2. The molecule has 0 aliphatic carbocycles. The summed E-state index contributed by atoms with van der Waals surface area (Å²) < 4.78 is 50.9. The largest absolute Gasteiger partial charge is 0.478 e. The average molecular weight is 316 g/mol. The second-order valence-corrected chi connectivity index (χ2v) is 5.19. The maximum absolute atomic E-state index is 13.0. The van der Waals surface area contributed by atoms with Crippen molar-refractivity contribution < 1.29 is 27.5 Å². The Bertz CT molecular complexity index is 683. The van der Waals surface area contributed by atoms with E-state index in [4.69, 9.17) is 5.11 Å². The van der Waals surface area contributed by atoms with Crippen LogP contribution in [0.4, 0.5) is 17.6 Å². The minimum Gasteiger partial charge on any atom is -0.478 e. The highest BCUT2D eigenvalue weighted by atomic mass is 32.2. The van der Waals surface area contributed by atoms with Gasteiger partial charge in [-0.3, -0.25) is 0 Å². The molecule has 0 bridgehead atoms. The molecule has 1 N–H and O–H groups in total. The first-order chi connectivity index (χ1) is 9.77. The highest BCUT2D eigenvalue weighted by molar-refractivity contribution is 7.99. The number of carbonyl (C=O) groups is 1. The zero-order valence-electron chi connectivity index (χ0n) is 10.3. The molecule has 0 saturated heterocycles. The van der Waals surface area contributed by atoms with E-state index in [2.05, 4.69) is 0 Å². The number of alkyl halides is 3. The molecule has 0 heterocycles. The number of aromatic carboxylic acids is 1. The minimum atomic E-state index is -4.48. The molecule has 0 amide bonds. The Labute approximate surface area is 121 Å². The van der Waals surface area contributed by atoms with Crippen molar-refractivity contribution in [3.8, 4) is 0 Å². The van der Waals surface area contributed by atoms with Crippen LogP contribution in [0, 0.1) is 5.82 Å². The van der Waals surface area contributed by atoms with E-state index in [1.54, 1.807) is 0 Å². The third kappa shape index (κ3) is 3.75. The standard InChI is InChI=1S/C14H8F4O2S/c15-9-4-5-12(11(7-9)13(19)20)21-10-3-1-2-8(6-10)14(16,17)18/h1-7H,(H,19,20). The van der Waals surface area contributed by atoms with Gasteiger partial charge in [-0.05, 0) is 36.4 Å². The van der Waals surface area contributed by atoms with Gasteiger partial charge in [0.15, 0.2) is 0 Å². The fourth-order valence-electron chi connectivity index (χ4n) is 1.62. The van der Waals surface area contributed by atoms with Crippen molar-refractivity contribution in [2.45, 2.75) is 16.0 Å². The lowest BCUT2D eigenvalue weighted by Gasteiger charge is -2.09. The molecule has 0 radical (unpaired) electrons. The maximum atomic E-state index is 13.0. The van der Waals surface area contributed by atoms with Crippen molar-refractivity contribution in [1.82, 2.24) is 0 Å². The van der Waals surface area contributed by atoms with Crippen LogP contribution in [0.1, 0.15) is 15.9 Å². The molecule has 21 heavy (non-hydrogen) atoms. The van der Waals surface area contributed by atoms with Crippen molar-refractivity contribution in [3.05, 3.63) is 59.4 Å². The van der Waals surface area contributed by atoms with E-state index >= 15 is 0 Å². The smallest absolute Gasteiger partial charge is 0.416 e. The molecule has 0 unspecified atom stereocenters. The lowest BCUT2D eigenvalue weighted by atomic mass is 10.2. The number of rotatable bonds is 3. The highest BCUT2D eigenvalue weighted by Gasteiger charge is 2.30. The van der Waals surface area contributed by atoms with E-state index in [1.807, 2.05) is 0 Å². The van der Waals surface area contributed by atoms with Gasteiger partial charge in [0.05, 0.1) is 11.1 Å². The van der Waals surface area contributed by atoms with Gasteiger partial charge in [0.25, 0.3) is 0 Å². The van der Waals surface area contributed by atoms with Crippen LogP contribution >= 0.6 is 11.8 Å². The summed E-state index contributed by atoms with van der Waals surface area (Å²) in [7, 11) is 0. The van der Waals surface area contributed by atoms with Crippen LogP contribution in [0.5, 0.6) is 0 Å². The number of carboxylic acid groups (broad SMARTS) is 1. The molecule has 2 rings (SSSR count). The van der Waals surface area contributed by atoms with Crippen molar-refractivity contribution in [1.29, 1.82) is 0 Å². The van der Waals surface area contributed by atoms with Crippen LogP contribution in [0.15, 0.2) is 52.3 Å². The molecule has 0 atom stereocenters. The van der Waals surface area contributed by atoms with Crippen molar-refractivity contribution >= 4 is 17.7 Å². The van der Waals surface area contributed by atoms with E-state index in [0.29, 0.717) is 0 Å². The summed E-state index contributed by atoms with van der Waals surface area (Å²) in [5, 5.41) is 8.99. The van der Waals surface area contributed by atoms with Crippen LogP contribution in [0.2, 0.25) is 0 Å². The lowest BCUT2D eigenvalue weighted by molar-refractivity contribution is -0.137. The predicted octanol–water partition coefficient (Wildman–Crippen LogP) is 4.69. The molecular formula is C14H8F4O2S. The summed E-state index contributed by atoms with van der Waals surface area (Å²) in [6.07, 6.45) is -4.48. The summed E-state index contributed by atoms with van der Waals surface area (Å²) in [5.74, 6) is -2.07.